The summed E-state index contributed by atoms with van der Waals surface area (Å²) in [5, 5.41) is 9.70. The molecule has 0 atom stereocenters. The fourth-order valence-electron chi connectivity index (χ4n) is 3.34. The van der Waals surface area contributed by atoms with Crippen LogP contribution in [0.2, 0.25) is 0 Å². The van der Waals surface area contributed by atoms with Gasteiger partial charge in [-0.2, -0.15) is 4.31 Å². The summed E-state index contributed by atoms with van der Waals surface area (Å²) in [6, 6.07) is 10.2. The average molecular weight is 474 g/mol. The molecule has 0 unspecified atom stereocenters. The van der Waals surface area contributed by atoms with Crippen molar-refractivity contribution in [1.29, 1.82) is 0 Å². The minimum Gasteiger partial charge on any atom is -0.452 e. The lowest BCUT2D eigenvalue weighted by atomic mass is 10.2. The smallest absolute Gasteiger partial charge is 0.331 e. The zero-order valence-corrected chi connectivity index (χ0v) is 19.0. The van der Waals surface area contributed by atoms with Crippen LogP contribution >= 0.6 is 11.3 Å². The molecule has 0 N–H and O–H groups in total. The van der Waals surface area contributed by atoms with Crippen molar-refractivity contribution in [1.82, 2.24) is 14.5 Å². The Morgan fingerprint density at radius 3 is 2.53 bits per heavy atom. The summed E-state index contributed by atoms with van der Waals surface area (Å²) >= 11 is 1.48. The molecule has 0 saturated carbocycles. The van der Waals surface area contributed by atoms with Gasteiger partial charge in [0, 0.05) is 19.2 Å². The number of carbonyl (C=O) groups is 1. The van der Waals surface area contributed by atoms with Crippen LogP contribution in [0, 0.1) is 0 Å². The number of ether oxygens (including phenoxy) is 1. The van der Waals surface area contributed by atoms with Gasteiger partial charge in [0.2, 0.25) is 10.0 Å². The minimum absolute atomic E-state index is 0.130. The van der Waals surface area contributed by atoms with Gasteiger partial charge in [-0.25, -0.2) is 13.2 Å². The van der Waals surface area contributed by atoms with Gasteiger partial charge in [-0.1, -0.05) is 31.0 Å². The van der Waals surface area contributed by atoms with Crippen LogP contribution < -0.4 is 0 Å². The van der Waals surface area contributed by atoms with Gasteiger partial charge >= 0.3 is 5.97 Å². The van der Waals surface area contributed by atoms with Gasteiger partial charge in [0.15, 0.2) is 6.61 Å². The van der Waals surface area contributed by atoms with Crippen LogP contribution in [0.5, 0.6) is 0 Å². The van der Waals surface area contributed by atoms with Gasteiger partial charge in [0.1, 0.15) is 0 Å². The lowest BCUT2D eigenvalue weighted by Gasteiger charge is -2.19. The lowest BCUT2D eigenvalue weighted by molar-refractivity contribution is -0.139. The van der Waals surface area contributed by atoms with E-state index in [1.807, 2.05) is 17.5 Å². The molecule has 1 aromatic carbocycles. The molecule has 32 heavy (non-hydrogen) atoms. The van der Waals surface area contributed by atoms with E-state index in [4.69, 9.17) is 9.15 Å². The molecule has 0 bridgehead atoms. The van der Waals surface area contributed by atoms with Crippen molar-refractivity contribution in [3.05, 3.63) is 59.3 Å². The number of hydrogen-bond acceptors (Lipinski definition) is 8. The Bertz CT molecular complexity index is 1160. The Morgan fingerprint density at radius 1 is 1.09 bits per heavy atom. The van der Waals surface area contributed by atoms with Crippen LogP contribution in [0.3, 0.4) is 0 Å². The maximum atomic E-state index is 12.8. The van der Waals surface area contributed by atoms with Crippen LogP contribution in [-0.2, 0) is 26.2 Å². The van der Waals surface area contributed by atoms with Gasteiger partial charge in [0.25, 0.3) is 11.8 Å². The first-order chi connectivity index (χ1) is 15.5. The third-order valence-electron chi connectivity index (χ3n) is 5.03. The van der Waals surface area contributed by atoms with E-state index in [0.29, 0.717) is 24.5 Å². The third kappa shape index (κ3) is 5.50. The van der Waals surface area contributed by atoms with E-state index in [-0.39, 0.29) is 17.4 Å². The highest BCUT2D eigenvalue weighted by Crippen LogP contribution is 2.23. The van der Waals surface area contributed by atoms with Crippen LogP contribution in [-0.4, -0.2) is 42.0 Å². The number of carbonyl (C=O) groups excluding carboxylic acids is 1. The maximum Gasteiger partial charge on any atom is 0.331 e. The number of sulfonamides is 1. The number of thiophene rings is 1. The molecule has 3 heterocycles. The van der Waals surface area contributed by atoms with Crippen molar-refractivity contribution >= 4 is 33.4 Å². The standard InChI is InChI=1S/C22H23N3O5S2/c26-21(29-16-20-23-24-22(30-20)19-6-5-15-31-19)12-9-17-7-10-18(11-8-17)32(27,28)25-13-3-1-2-4-14-25/h5-12,15H,1-4,13-14,16H2. The Kier molecular flexibility index (Phi) is 7.13. The normalized spacial score (nSPS) is 15.6. The van der Waals surface area contributed by atoms with Gasteiger partial charge < -0.3 is 9.15 Å². The molecule has 0 amide bonds. The fourth-order valence-corrected chi connectivity index (χ4v) is 5.50. The molecule has 0 spiro atoms. The fraction of sp³-hybridized carbons (Fsp3) is 0.318. The molecular formula is C22H23N3O5S2. The molecule has 1 aliphatic heterocycles. The van der Waals surface area contributed by atoms with Crippen LogP contribution in [0.15, 0.2) is 57.2 Å². The van der Waals surface area contributed by atoms with E-state index in [1.54, 1.807) is 34.6 Å². The van der Waals surface area contributed by atoms with Crippen LogP contribution in [0.1, 0.15) is 37.1 Å². The zero-order valence-electron chi connectivity index (χ0n) is 17.3. The minimum atomic E-state index is -3.49. The second kappa shape index (κ2) is 10.2. The molecule has 10 heteroatoms. The van der Waals surface area contributed by atoms with Crippen molar-refractivity contribution < 1.29 is 22.4 Å². The largest absolute Gasteiger partial charge is 0.452 e. The van der Waals surface area contributed by atoms with E-state index < -0.39 is 16.0 Å². The predicted octanol–water partition coefficient (Wildman–Crippen LogP) is 4.12. The van der Waals surface area contributed by atoms with Crippen LogP contribution in [0.25, 0.3) is 16.8 Å². The Balaban J connectivity index is 1.32. The molecule has 4 rings (SSSR count). The molecule has 168 valence electrons. The van der Waals surface area contributed by atoms with E-state index in [0.717, 1.165) is 30.6 Å². The summed E-state index contributed by atoms with van der Waals surface area (Å²) < 4.78 is 37.8. The summed E-state index contributed by atoms with van der Waals surface area (Å²) in [6.07, 6.45) is 6.74. The molecule has 0 radical (unpaired) electrons. The average Bonchev–Trinajstić information content (AvgIpc) is 3.42. The van der Waals surface area contributed by atoms with Crippen molar-refractivity contribution in [3.63, 3.8) is 0 Å². The summed E-state index contributed by atoms with van der Waals surface area (Å²) in [6.45, 7) is 0.990. The quantitative estimate of drug-likeness (QED) is 0.376. The Hall–Kier alpha value is -2.82. The number of rotatable bonds is 7. The summed E-state index contributed by atoms with van der Waals surface area (Å²) in [5.41, 5.74) is 0.689. The summed E-state index contributed by atoms with van der Waals surface area (Å²) in [5.74, 6) is 0.0252. The molecule has 1 saturated heterocycles. The predicted molar refractivity (Wildman–Crippen MR) is 120 cm³/mol. The number of nitrogens with zero attached hydrogens (tertiary/aromatic N) is 3. The highest BCUT2D eigenvalue weighted by atomic mass is 32.2. The number of hydrogen-bond donors (Lipinski definition) is 0. The molecular weight excluding hydrogens is 450 g/mol. The van der Waals surface area contributed by atoms with E-state index in [2.05, 4.69) is 10.2 Å². The first kappa shape index (κ1) is 22.4. The molecule has 1 fully saturated rings. The van der Waals surface area contributed by atoms with Crippen molar-refractivity contribution in [2.75, 3.05) is 13.1 Å². The summed E-state index contributed by atoms with van der Waals surface area (Å²) in [4.78, 5) is 13.1. The van der Waals surface area contributed by atoms with Crippen LogP contribution in [0.4, 0.5) is 0 Å². The number of esters is 1. The Labute approximate surface area is 190 Å². The van der Waals surface area contributed by atoms with Gasteiger partial charge in [-0.15, -0.1) is 21.5 Å². The topological polar surface area (TPSA) is 103 Å². The second-order valence-electron chi connectivity index (χ2n) is 7.31. The van der Waals surface area contributed by atoms with E-state index in [9.17, 15) is 13.2 Å². The molecule has 2 aromatic heterocycles. The van der Waals surface area contributed by atoms with E-state index >= 15 is 0 Å². The lowest BCUT2D eigenvalue weighted by Crippen LogP contribution is -2.31. The van der Waals surface area contributed by atoms with Crippen molar-refractivity contribution in [3.8, 4) is 10.8 Å². The Morgan fingerprint density at radius 2 is 1.84 bits per heavy atom. The van der Waals surface area contributed by atoms with Gasteiger partial charge in [0.05, 0.1) is 9.77 Å². The number of benzene rings is 1. The third-order valence-corrected chi connectivity index (χ3v) is 7.80. The second-order valence-corrected chi connectivity index (χ2v) is 10.2. The highest BCUT2D eigenvalue weighted by molar-refractivity contribution is 7.89. The maximum absolute atomic E-state index is 12.8. The highest BCUT2D eigenvalue weighted by Gasteiger charge is 2.24. The first-order valence-corrected chi connectivity index (χ1v) is 12.7. The monoisotopic (exact) mass is 473 g/mol. The summed E-state index contributed by atoms with van der Waals surface area (Å²) in [7, 11) is -3.49. The van der Waals surface area contributed by atoms with Crippen molar-refractivity contribution in [2.24, 2.45) is 0 Å². The SMILES string of the molecule is O=C(C=Cc1ccc(S(=O)(=O)N2CCCCCC2)cc1)OCc1nnc(-c2cccs2)o1. The van der Waals surface area contributed by atoms with Gasteiger partial charge in [-0.3, -0.25) is 0 Å². The van der Waals surface area contributed by atoms with E-state index in [1.165, 1.54) is 17.4 Å². The molecule has 0 aliphatic carbocycles. The molecule has 1 aliphatic rings. The first-order valence-electron chi connectivity index (χ1n) is 10.3. The molecule has 8 nitrogen and oxygen atoms in total. The zero-order chi connectivity index (χ0) is 22.4. The molecule has 3 aromatic rings. The number of aromatic nitrogens is 2. The van der Waals surface area contributed by atoms with Gasteiger partial charge in [-0.05, 0) is 48.1 Å². The van der Waals surface area contributed by atoms with Crippen molar-refractivity contribution in [2.45, 2.75) is 37.2 Å².